The molecule has 2 heteroatoms. The molecule has 0 aliphatic heterocycles. The number of benzene rings is 1. The van der Waals surface area contributed by atoms with Gasteiger partial charge in [0.15, 0.2) is 6.29 Å². The van der Waals surface area contributed by atoms with Gasteiger partial charge < -0.3 is 10.2 Å². The van der Waals surface area contributed by atoms with Gasteiger partial charge in [-0.05, 0) is 24.5 Å². The molecule has 0 saturated carbocycles. The first-order chi connectivity index (χ1) is 6.15. The van der Waals surface area contributed by atoms with Gasteiger partial charge in [-0.15, -0.1) is 0 Å². The van der Waals surface area contributed by atoms with Crippen molar-refractivity contribution in [2.24, 2.45) is 0 Å². The molecule has 0 unspecified atom stereocenters. The summed E-state index contributed by atoms with van der Waals surface area (Å²) in [4.78, 5) is 0. The Labute approximate surface area is 78.8 Å². The molecule has 0 saturated heterocycles. The summed E-state index contributed by atoms with van der Waals surface area (Å²) in [7, 11) is 0. The molecule has 0 bridgehead atoms. The van der Waals surface area contributed by atoms with Crippen LogP contribution in [0, 0.1) is 6.92 Å². The van der Waals surface area contributed by atoms with Crippen molar-refractivity contribution in [3.8, 4) is 0 Å². The molecule has 0 atom stereocenters. The van der Waals surface area contributed by atoms with Gasteiger partial charge in [0.1, 0.15) is 0 Å². The number of aliphatic hydroxyl groups excluding tert-OH is 1. The van der Waals surface area contributed by atoms with E-state index in [1.165, 1.54) is 5.56 Å². The molecule has 1 aromatic rings. The molecule has 2 nitrogen and oxygen atoms in total. The zero-order chi connectivity index (χ0) is 9.84. The van der Waals surface area contributed by atoms with Gasteiger partial charge in [-0.2, -0.15) is 0 Å². The molecule has 0 radical (unpaired) electrons. The van der Waals surface area contributed by atoms with E-state index in [1.54, 1.807) is 6.07 Å². The molecule has 1 rings (SSSR count). The van der Waals surface area contributed by atoms with Gasteiger partial charge in [0, 0.05) is 5.56 Å². The van der Waals surface area contributed by atoms with Crippen molar-refractivity contribution in [1.82, 2.24) is 0 Å². The first kappa shape index (κ1) is 10.2. The Morgan fingerprint density at radius 2 is 2.00 bits per heavy atom. The Kier molecular flexibility index (Phi) is 3.46. The van der Waals surface area contributed by atoms with Crippen LogP contribution < -0.4 is 0 Å². The summed E-state index contributed by atoms with van der Waals surface area (Å²) in [6.07, 6.45) is 0.810. The van der Waals surface area contributed by atoms with E-state index < -0.39 is 6.29 Å². The van der Waals surface area contributed by atoms with Crippen molar-refractivity contribution < 1.29 is 10.2 Å². The van der Waals surface area contributed by atoms with Crippen LogP contribution in [0.15, 0.2) is 18.2 Å². The average Bonchev–Trinajstić information content (AvgIpc) is 2.08. The first-order valence-corrected chi connectivity index (χ1v) is 4.60. The lowest BCUT2D eigenvalue weighted by Gasteiger charge is -2.08. The fourth-order valence-electron chi connectivity index (χ4n) is 1.43. The van der Waals surface area contributed by atoms with Gasteiger partial charge in [-0.1, -0.05) is 31.5 Å². The maximum atomic E-state index is 8.92. The maximum absolute atomic E-state index is 8.92. The highest BCUT2D eigenvalue weighted by Gasteiger charge is 2.04. The highest BCUT2D eigenvalue weighted by Crippen LogP contribution is 2.16. The summed E-state index contributed by atoms with van der Waals surface area (Å²) in [6, 6.07) is 5.56. The zero-order valence-electron chi connectivity index (χ0n) is 8.12. The molecule has 13 heavy (non-hydrogen) atoms. The Hall–Kier alpha value is -0.860. The Morgan fingerprint density at radius 1 is 1.31 bits per heavy atom. The largest absolute Gasteiger partial charge is 0.364 e. The summed E-state index contributed by atoms with van der Waals surface area (Å²) in [5.41, 5.74) is 2.98. The lowest BCUT2D eigenvalue weighted by atomic mass is 10.0. The van der Waals surface area contributed by atoms with E-state index in [0.717, 1.165) is 18.4 Å². The summed E-state index contributed by atoms with van der Waals surface area (Å²) in [6.45, 7) is 4.13. The normalized spacial score (nSPS) is 10.8. The fourth-order valence-corrected chi connectivity index (χ4v) is 1.43. The lowest BCUT2D eigenvalue weighted by Crippen LogP contribution is -1.97. The number of hydrogen-bond acceptors (Lipinski definition) is 2. The summed E-state index contributed by atoms with van der Waals surface area (Å²) in [5, 5.41) is 17.8. The molecule has 0 heterocycles. The van der Waals surface area contributed by atoms with Gasteiger partial charge in [-0.3, -0.25) is 0 Å². The predicted octanol–water partition coefficient (Wildman–Crippen LogP) is 1.93. The Bertz CT molecular complexity index is 279. The second-order valence-electron chi connectivity index (χ2n) is 3.31. The van der Waals surface area contributed by atoms with Gasteiger partial charge in [0.2, 0.25) is 0 Å². The van der Waals surface area contributed by atoms with E-state index >= 15 is 0 Å². The standard InChI is InChI=1S/C11H16O2/c1-3-4-9-5-6-10(11(12)13)7-8(9)2/h5-7,11-13H,3-4H2,1-2H3. The minimum Gasteiger partial charge on any atom is -0.364 e. The van der Waals surface area contributed by atoms with Crippen molar-refractivity contribution in [3.63, 3.8) is 0 Å². The first-order valence-electron chi connectivity index (χ1n) is 4.60. The van der Waals surface area contributed by atoms with Crippen molar-refractivity contribution in [2.75, 3.05) is 0 Å². The van der Waals surface area contributed by atoms with Gasteiger partial charge >= 0.3 is 0 Å². The summed E-state index contributed by atoms with van der Waals surface area (Å²) < 4.78 is 0. The van der Waals surface area contributed by atoms with Crippen molar-refractivity contribution in [2.45, 2.75) is 33.0 Å². The third-order valence-corrected chi connectivity index (χ3v) is 2.18. The van der Waals surface area contributed by atoms with Crippen LogP contribution in [-0.2, 0) is 6.42 Å². The Morgan fingerprint density at radius 3 is 2.46 bits per heavy atom. The topological polar surface area (TPSA) is 40.5 Å². The zero-order valence-corrected chi connectivity index (χ0v) is 8.12. The van der Waals surface area contributed by atoms with Crippen LogP contribution in [0.3, 0.4) is 0 Å². The molecular formula is C11H16O2. The molecular weight excluding hydrogens is 164 g/mol. The van der Waals surface area contributed by atoms with E-state index in [0.29, 0.717) is 5.56 Å². The quantitative estimate of drug-likeness (QED) is 0.698. The van der Waals surface area contributed by atoms with Gasteiger partial charge in [-0.25, -0.2) is 0 Å². The van der Waals surface area contributed by atoms with Crippen molar-refractivity contribution in [1.29, 1.82) is 0 Å². The summed E-state index contributed by atoms with van der Waals surface area (Å²) in [5.74, 6) is 0. The molecule has 1 aromatic carbocycles. The third kappa shape index (κ3) is 2.54. The van der Waals surface area contributed by atoms with Crippen LogP contribution in [0.25, 0.3) is 0 Å². The van der Waals surface area contributed by atoms with E-state index in [2.05, 4.69) is 6.92 Å². The minimum absolute atomic E-state index is 0.567. The van der Waals surface area contributed by atoms with Crippen LogP contribution in [0.1, 0.15) is 36.3 Å². The second kappa shape index (κ2) is 4.40. The van der Waals surface area contributed by atoms with E-state index in [-0.39, 0.29) is 0 Å². The monoisotopic (exact) mass is 180 g/mol. The van der Waals surface area contributed by atoms with Crippen molar-refractivity contribution >= 4 is 0 Å². The van der Waals surface area contributed by atoms with Crippen LogP contribution in [0.2, 0.25) is 0 Å². The van der Waals surface area contributed by atoms with Crippen LogP contribution >= 0.6 is 0 Å². The van der Waals surface area contributed by atoms with Crippen LogP contribution in [0.5, 0.6) is 0 Å². The number of aliphatic hydroxyl groups is 2. The minimum atomic E-state index is -1.35. The van der Waals surface area contributed by atoms with E-state index in [9.17, 15) is 0 Å². The smallest absolute Gasteiger partial charge is 0.178 e. The maximum Gasteiger partial charge on any atom is 0.178 e. The van der Waals surface area contributed by atoms with E-state index in [4.69, 9.17) is 10.2 Å². The van der Waals surface area contributed by atoms with Gasteiger partial charge in [0.25, 0.3) is 0 Å². The fraction of sp³-hybridized carbons (Fsp3) is 0.455. The second-order valence-corrected chi connectivity index (χ2v) is 3.31. The predicted molar refractivity (Wildman–Crippen MR) is 52.4 cm³/mol. The third-order valence-electron chi connectivity index (χ3n) is 2.18. The molecule has 0 aliphatic carbocycles. The number of rotatable bonds is 3. The number of hydrogen-bond donors (Lipinski definition) is 2. The van der Waals surface area contributed by atoms with Crippen molar-refractivity contribution in [3.05, 3.63) is 34.9 Å². The highest BCUT2D eigenvalue weighted by atomic mass is 16.5. The van der Waals surface area contributed by atoms with Crippen LogP contribution in [-0.4, -0.2) is 10.2 Å². The summed E-state index contributed by atoms with van der Waals surface area (Å²) >= 11 is 0. The molecule has 0 amide bonds. The Balaban J connectivity index is 2.92. The molecule has 72 valence electrons. The van der Waals surface area contributed by atoms with Gasteiger partial charge in [0.05, 0.1) is 0 Å². The highest BCUT2D eigenvalue weighted by molar-refractivity contribution is 5.31. The molecule has 0 aliphatic rings. The molecule has 0 fully saturated rings. The van der Waals surface area contributed by atoms with Crippen LogP contribution in [0.4, 0.5) is 0 Å². The molecule has 0 aromatic heterocycles. The molecule has 2 N–H and O–H groups in total. The SMILES string of the molecule is CCCc1ccc(C(O)O)cc1C. The lowest BCUT2D eigenvalue weighted by molar-refractivity contribution is -0.0425. The number of aryl methyl sites for hydroxylation is 2. The molecule has 0 spiro atoms. The van der Waals surface area contributed by atoms with E-state index in [1.807, 2.05) is 19.1 Å². The average molecular weight is 180 g/mol.